The van der Waals surface area contributed by atoms with Gasteiger partial charge in [0.25, 0.3) is 11.1 Å². The minimum atomic E-state index is -6.40. The van der Waals surface area contributed by atoms with Crippen molar-refractivity contribution in [1.82, 2.24) is 10.0 Å². The Hall–Kier alpha value is -3.32. The third kappa shape index (κ3) is 3.29. The van der Waals surface area contributed by atoms with Gasteiger partial charge in [0, 0.05) is 0 Å². The smallest absolute Gasteiger partial charge is 0.256 e. The van der Waals surface area contributed by atoms with Crippen LogP contribution in [-0.4, -0.2) is 45.8 Å². The maximum atomic E-state index is 14.4. The molecule has 2 aromatic rings. The van der Waals surface area contributed by atoms with E-state index in [-0.39, 0.29) is 0 Å². The molecule has 2 nitrogen and oxygen atoms in total. The standard InChI is InChI=1S/C22H12F12N2/c23-19(24,25)17(20(26,27)28)11-15(13-7-3-1-4-8-13)35-18(21(29,30)31,22(32,33)34)12-16(36(17)35)14-9-5-2-6-10-14/h1-12H. The Kier molecular flexibility index (Phi) is 5.43. The van der Waals surface area contributed by atoms with E-state index >= 15 is 0 Å². The van der Waals surface area contributed by atoms with Gasteiger partial charge in [-0.3, -0.25) is 10.0 Å². The van der Waals surface area contributed by atoms with Gasteiger partial charge < -0.3 is 0 Å². The average Bonchev–Trinajstić information content (AvgIpc) is 3.29. The largest absolute Gasteiger partial charge is 0.426 e. The first-order chi connectivity index (χ1) is 16.4. The second-order valence-electron chi connectivity index (χ2n) is 7.94. The van der Waals surface area contributed by atoms with Crippen LogP contribution in [0.2, 0.25) is 0 Å². The SMILES string of the molecule is FC(F)(F)C1(C(F)(F)F)C=C(c2ccccc2)N2N1C(c1ccccc1)=CC2(C(F)(F)F)C(F)(F)F. The third-order valence-corrected chi connectivity index (χ3v) is 5.88. The van der Waals surface area contributed by atoms with Crippen molar-refractivity contribution in [2.24, 2.45) is 0 Å². The molecule has 0 aliphatic carbocycles. The molecule has 0 unspecified atom stereocenters. The van der Waals surface area contributed by atoms with Gasteiger partial charge in [-0.15, -0.1) is 0 Å². The highest BCUT2D eigenvalue weighted by Crippen LogP contribution is 2.65. The maximum Gasteiger partial charge on any atom is 0.426 e. The zero-order valence-corrected chi connectivity index (χ0v) is 17.4. The lowest BCUT2D eigenvalue weighted by atomic mass is 9.91. The van der Waals surface area contributed by atoms with Crippen molar-refractivity contribution in [2.75, 3.05) is 0 Å². The quantitative estimate of drug-likeness (QED) is 0.374. The van der Waals surface area contributed by atoms with E-state index in [1.165, 1.54) is 12.1 Å². The minimum absolute atomic E-state index is 0.634. The Labute approximate surface area is 194 Å². The van der Waals surface area contributed by atoms with Gasteiger partial charge >= 0.3 is 24.7 Å². The molecule has 0 N–H and O–H groups in total. The Morgan fingerprint density at radius 1 is 0.417 bits per heavy atom. The lowest BCUT2D eigenvalue weighted by Crippen LogP contribution is -2.71. The van der Waals surface area contributed by atoms with Crippen LogP contribution in [0.5, 0.6) is 0 Å². The molecule has 14 heteroatoms. The van der Waals surface area contributed by atoms with Crippen LogP contribution in [0.4, 0.5) is 52.7 Å². The fourth-order valence-electron chi connectivity index (χ4n) is 4.31. The van der Waals surface area contributed by atoms with E-state index in [9.17, 15) is 52.7 Å². The molecule has 0 spiro atoms. The van der Waals surface area contributed by atoms with Crippen LogP contribution in [0.3, 0.4) is 0 Å². The molecule has 0 bridgehead atoms. The summed E-state index contributed by atoms with van der Waals surface area (Å²) in [6.45, 7) is 0. The van der Waals surface area contributed by atoms with Crippen molar-refractivity contribution in [1.29, 1.82) is 0 Å². The van der Waals surface area contributed by atoms with Gasteiger partial charge in [0.1, 0.15) is 0 Å². The average molecular weight is 532 g/mol. The number of fused-ring (bicyclic) bond motifs is 1. The summed E-state index contributed by atoms with van der Waals surface area (Å²) in [5.41, 5.74) is -15.1. The van der Waals surface area contributed by atoms with Crippen LogP contribution in [-0.2, 0) is 0 Å². The third-order valence-electron chi connectivity index (χ3n) is 5.88. The van der Waals surface area contributed by atoms with Crippen LogP contribution in [0.1, 0.15) is 11.1 Å². The molecule has 0 fully saturated rings. The molecule has 0 saturated carbocycles. The molecule has 0 radical (unpaired) electrons. The monoisotopic (exact) mass is 532 g/mol. The summed E-state index contributed by atoms with van der Waals surface area (Å²) in [4.78, 5) is 0. The van der Waals surface area contributed by atoms with Gasteiger partial charge in [-0.05, 0) is 23.3 Å². The van der Waals surface area contributed by atoms with E-state index in [0.717, 1.165) is 48.5 Å². The van der Waals surface area contributed by atoms with Gasteiger partial charge in [0.15, 0.2) is 0 Å². The number of benzene rings is 2. The van der Waals surface area contributed by atoms with Crippen LogP contribution in [0.15, 0.2) is 72.8 Å². The van der Waals surface area contributed by atoms with Crippen molar-refractivity contribution < 1.29 is 52.7 Å². The first-order valence-corrected chi connectivity index (χ1v) is 9.84. The van der Waals surface area contributed by atoms with Gasteiger partial charge in [0.05, 0.1) is 11.4 Å². The molecular weight excluding hydrogens is 520 g/mol. The van der Waals surface area contributed by atoms with E-state index < -0.39 is 80.5 Å². The Bertz CT molecular complexity index is 1060. The first-order valence-electron chi connectivity index (χ1n) is 9.84. The molecule has 2 aliphatic rings. The van der Waals surface area contributed by atoms with Crippen LogP contribution in [0.25, 0.3) is 11.4 Å². The predicted octanol–water partition coefficient (Wildman–Crippen LogP) is 7.34. The number of halogens is 12. The molecule has 194 valence electrons. The molecular formula is C22H12F12N2. The fraction of sp³-hybridized carbons (Fsp3) is 0.273. The van der Waals surface area contributed by atoms with Crippen molar-refractivity contribution in [3.63, 3.8) is 0 Å². The highest BCUT2D eigenvalue weighted by Gasteiger charge is 2.85. The van der Waals surface area contributed by atoms with E-state index in [0.29, 0.717) is 0 Å². The van der Waals surface area contributed by atoms with Crippen molar-refractivity contribution >= 4 is 11.4 Å². The number of hydrogen-bond donors (Lipinski definition) is 0. The second-order valence-corrected chi connectivity index (χ2v) is 7.94. The zero-order chi connectivity index (χ0) is 26.9. The molecule has 4 rings (SSSR count). The van der Waals surface area contributed by atoms with Crippen LogP contribution in [0, 0.1) is 0 Å². The summed E-state index contributed by atoms with van der Waals surface area (Å²) in [7, 11) is 0. The van der Waals surface area contributed by atoms with E-state index in [1.54, 1.807) is 0 Å². The number of alkyl halides is 12. The fourth-order valence-corrected chi connectivity index (χ4v) is 4.31. The lowest BCUT2D eigenvalue weighted by Gasteiger charge is -2.48. The van der Waals surface area contributed by atoms with Crippen LogP contribution < -0.4 is 0 Å². The van der Waals surface area contributed by atoms with Gasteiger partial charge in [0.2, 0.25) is 0 Å². The van der Waals surface area contributed by atoms with Crippen LogP contribution >= 0.6 is 0 Å². The van der Waals surface area contributed by atoms with Crippen molar-refractivity contribution in [2.45, 2.75) is 35.8 Å². The number of hydrazine groups is 1. The molecule has 2 aromatic carbocycles. The summed E-state index contributed by atoms with van der Waals surface area (Å²) < 4.78 is 172. The Morgan fingerprint density at radius 2 is 0.667 bits per heavy atom. The summed E-state index contributed by atoms with van der Waals surface area (Å²) in [6.07, 6.45) is -26.9. The topological polar surface area (TPSA) is 6.48 Å². The molecule has 36 heavy (non-hydrogen) atoms. The lowest BCUT2D eigenvalue weighted by molar-refractivity contribution is -0.364. The minimum Gasteiger partial charge on any atom is -0.256 e. The van der Waals surface area contributed by atoms with E-state index in [4.69, 9.17) is 0 Å². The summed E-state index contributed by atoms with van der Waals surface area (Å²) in [5.74, 6) is 0. The highest BCUT2D eigenvalue weighted by atomic mass is 19.4. The highest BCUT2D eigenvalue weighted by molar-refractivity contribution is 5.79. The molecule has 0 aromatic heterocycles. The van der Waals surface area contributed by atoms with Crippen molar-refractivity contribution in [3.05, 3.63) is 83.9 Å². The number of nitrogens with zero attached hydrogens (tertiary/aromatic N) is 2. The van der Waals surface area contributed by atoms with E-state index in [2.05, 4.69) is 0 Å². The van der Waals surface area contributed by atoms with Gasteiger partial charge in [-0.1, -0.05) is 60.7 Å². The molecule has 0 amide bonds. The summed E-state index contributed by atoms with van der Waals surface area (Å²) in [5, 5.41) is -1.96. The van der Waals surface area contributed by atoms with E-state index in [1.807, 2.05) is 0 Å². The molecule has 0 atom stereocenters. The normalized spacial score (nSPS) is 19.8. The first kappa shape index (κ1) is 25.8. The summed E-state index contributed by atoms with van der Waals surface area (Å²) >= 11 is 0. The Morgan fingerprint density at radius 3 is 0.889 bits per heavy atom. The molecule has 2 aliphatic heterocycles. The van der Waals surface area contributed by atoms with Gasteiger partial charge in [-0.2, -0.15) is 52.7 Å². The zero-order valence-electron chi connectivity index (χ0n) is 17.4. The van der Waals surface area contributed by atoms with Crippen molar-refractivity contribution in [3.8, 4) is 0 Å². The Balaban J connectivity index is 2.20. The van der Waals surface area contributed by atoms with Gasteiger partial charge in [-0.25, -0.2) is 0 Å². The predicted molar refractivity (Wildman–Crippen MR) is 102 cm³/mol. The number of rotatable bonds is 2. The molecule has 0 saturated heterocycles. The summed E-state index contributed by atoms with van der Waals surface area (Å²) in [6, 6.07) is 9.90. The molecule has 2 heterocycles. The maximum absolute atomic E-state index is 14.4. The number of hydrogen-bond acceptors (Lipinski definition) is 2. The second kappa shape index (κ2) is 7.59.